The number of alkyl carbamates (subject to hydrolysis) is 1. The zero-order chi connectivity index (χ0) is 17.5. The number of amides is 1. The number of cyclic esters (lactones) is 1. The van der Waals surface area contributed by atoms with Gasteiger partial charge < -0.3 is 10.1 Å². The second-order valence-electron chi connectivity index (χ2n) is 8.10. The summed E-state index contributed by atoms with van der Waals surface area (Å²) in [6.07, 6.45) is 12.8. The number of aryl methyl sites for hydroxylation is 2. The van der Waals surface area contributed by atoms with Gasteiger partial charge in [-0.05, 0) is 55.1 Å². The smallest absolute Gasteiger partial charge is 0.407 e. The Kier molecular flexibility index (Phi) is 6.77. The van der Waals surface area contributed by atoms with E-state index in [9.17, 15) is 4.79 Å². The monoisotopic (exact) mass is 343 g/mol. The van der Waals surface area contributed by atoms with E-state index in [0.717, 1.165) is 24.7 Å². The highest BCUT2D eigenvalue weighted by Crippen LogP contribution is 2.30. The van der Waals surface area contributed by atoms with Crippen LogP contribution >= 0.6 is 0 Å². The molecule has 0 aromatic heterocycles. The van der Waals surface area contributed by atoms with Gasteiger partial charge in [-0.2, -0.15) is 0 Å². The average molecular weight is 344 g/mol. The third-order valence-corrected chi connectivity index (χ3v) is 5.97. The van der Waals surface area contributed by atoms with Crippen LogP contribution in [-0.4, -0.2) is 18.7 Å². The quantitative estimate of drug-likeness (QED) is 0.698. The molecule has 1 aliphatic heterocycles. The number of benzene rings is 1. The molecule has 1 aromatic rings. The molecule has 3 heteroatoms. The van der Waals surface area contributed by atoms with Crippen molar-refractivity contribution in [1.82, 2.24) is 5.32 Å². The summed E-state index contributed by atoms with van der Waals surface area (Å²) in [7, 11) is 0. The first-order chi connectivity index (χ1) is 12.2. The van der Waals surface area contributed by atoms with Crippen LogP contribution in [-0.2, 0) is 17.6 Å². The summed E-state index contributed by atoms with van der Waals surface area (Å²) in [5.41, 5.74) is 2.91. The van der Waals surface area contributed by atoms with Gasteiger partial charge in [0.15, 0.2) is 0 Å². The third-order valence-electron chi connectivity index (χ3n) is 5.97. The van der Waals surface area contributed by atoms with E-state index in [1.807, 2.05) is 0 Å². The predicted octanol–water partition coefficient (Wildman–Crippen LogP) is 5.27. The Labute approximate surface area is 152 Å². The van der Waals surface area contributed by atoms with Crippen molar-refractivity contribution >= 4 is 6.09 Å². The highest BCUT2D eigenvalue weighted by molar-refractivity contribution is 5.69. The summed E-state index contributed by atoms with van der Waals surface area (Å²) >= 11 is 0. The van der Waals surface area contributed by atoms with Gasteiger partial charge in [0, 0.05) is 0 Å². The van der Waals surface area contributed by atoms with E-state index in [0.29, 0.717) is 6.54 Å². The maximum absolute atomic E-state index is 11.1. The molecular weight excluding hydrogens is 310 g/mol. The molecule has 1 saturated heterocycles. The van der Waals surface area contributed by atoms with Crippen LogP contribution < -0.4 is 5.32 Å². The Morgan fingerprint density at radius 3 is 2.52 bits per heavy atom. The summed E-state index contributed by atoms with van der Waals surface area (Å²) in [6, 6.07) is 8.80. The van der Waals surface area contributed by atoms with Crippen molar-refractivity contribution in [3.63, 3.8) is 0 Å². The molecule has 1 amide bonds. The highest BCUT2D eigenvalue weighted by atomic mass is 16.6. The van der Waals surface area contributed by atoms with E-state index in [-0.39, 0.29) is 12.2 Å². The lowest BCUT2D eigenvalue weighted by molar-refractivity contribution is 0.136. The molecule has 1 aliphatic carbocycles. The minimum Gasteiger partial charge on any atom is -0.444 e. The number of hydrogen-bond acceptors (Lipinski definition) is 2. The Morgan fingerprint density at radius 2 is 1.84 bits per heavy atom. The van der Waals surface area contributed by atoms with Crippen molar-refractivity contribution in [3.05, 3.63) is 35.4 Å². The summed E-state index contributed by atoms with van der Waals surface area (Å²) in [6.45, 7) is 3.08. The highest BCUT2D eigenvalue weighted by Gasteiger charge is 2.22. The van der Waals surface area contributed by atoms with Gasteiger partial charge >= 0.3 is 6.09 Å². The summed E-state index contributed by atoms with van der Waals surface area (Å²) in [5.74, 6) is 1.79. The normalized spacial score (nSPS) is 22.4. The van der Waals surface area contributed by atoms with E-state index in [4.69, 9.17) is 4.74 Å². The molecule has 2 atom stereocenters. The van der Waals surface area contributed by atoms with E-state index >= 15 is 0 Å². The first-order valence-electron chi connectivity index (χ1n) is 10.2. The zero-order valence-electron chi connectivity index (χ0n) is 15.6. The van der Waals surface area contributed by atoms with E-state index in [1.165, 1.54) is 62.5 Å². The van der Waals surface area contributed by atoms with Crippen molar-refractivity contribution in [3.8, 4) is 0 Å². The van der Waals surface area contributed by atoms with Gasteiger partial charge in [0.05, 0.1) is 6.54 Å². The molecule has 3 rings (SSSR count). The Morgan fingerprint density at radius 1 is 1.12 bits per heavy atom. The molecule has 0 radical (unpaired) electrons. The summed E-state index contributed by atoms with van der Waals surface area (Å²) in [5, 5.41) is 2.74. The maximum Gasteiger partial charge on any atom is 0.407 e. The third kappa shape index (κ3) is 5.76. The molecular formula is C22H33NO2. The van der Waals surface area contributed by atoms with Crippen molar-refractivity contribution in [2.45, 2.75) is 77.2 Å². The average Bonchev–Trinajstić information content (AvgIpc) is 3.05. The van der Waals surface area contributed by atoms with Crippen LogP contribution in [0.1, 0.15) is 69.4 Å². The fourth-order valence-electron chi connectivity index (χ4n) is 4.47. The molecule has 2 aliphatic rings. The van der Waals surface area contributed by atoms with Gasteiger partial charge in [0.25, 0.3) is 0 Å². The fraction of sp³-hybridized carbons (Fsp3) is 0.682. The lowest BCUT2D eigenvalue weighted by Crippen LogP contribution is -2.15. The second-order valence-corrected chi connectivity index (χ2v) is 8.10. The molecule has 1 N–H and O–H groups in total. The summed E-state index contributed by atoms with van der Waals surface area (Å²) < 4.78 is 5.26. The molecule has 1 aromatic carbocycles. The van der Waals surface area contributed by atoms with Gasteiger partial charge in [0.2, 0.25) is 0 Å². The van der Waals surface area contributed by atoms with Crippen molar-refractivity contribution < 1.29 is 9.53 Å². The van der Waals surface area contributed by atoms with Crippen LogP contribution in [0.5, 0.6) is 0 Å². The van der Waals surface area contributed by atoms with Gasteiger partial charge in [-0.1, -0.05) is 63.3 Å². The summed E-state index contributed by atoms with van der Waals surface area (Å²) in [4.78, 5) is 11.1. The number of hydrogen-bond donors (Lipinski definition) is 1. The second kappa shape index (κ2) is 9.26. The molecule has 0 bridgehead atoms. The van der Waals surface area contributed by atoms with Gasteiger partial charge in [-0.15, -0.1) is 0 Å². The van der Waals surface area contributed by atoms with E-state index in [2.05, 4.69) is 36.5 Å². The molecule has 3 nitrogen and oxygen atoms in total. The minimum atomic E-state index is -0.269. The van der Waals surface area contributed by atoms with Gasteiger partial charge in [-0.3, -0.25) is 0 Å². The van der Waals surface area contributed by atoms with Crippen LogP contribution in [0.2, 0.25) is 0 Å². The Hall–Kier alpha value is -1.51. The zero-order valence-corrected chi connectivity index (χ0v) is 15.6. The van der Waals surface area contributed by atoms with Gasteiger partial charge in [-0.25, -0.2) is 4.79 Å². The maximum atomic E-state index is 11.1. The number of ether oxygens (including phenoxy) is 1. The molecule has 25 heavy (non-hydrogen) atoms. The van der Waals surface area contributed by atoms with E-state index < -0.39 is 0 Å². The van der Waals surface area contributed by atoms with Crippen molar-refractivity contribution in [2.24, 2.45) is 11.8 Å². The van der Waals surface area contributed by atoms with Gasteiger partial charge in [0.1, 0.15) is 6.10 Å². The SMILES string of the molecule is CC(CCc1ccccc1CCC1CNC(=O)O1)CC1CCCCC1. The fourth-order valence-corrected chi connectivity index (χ4v) is 4.47. The minimum absolute atomic E-state index is 0.0331. The lowest BCUT2D eigenvalue weighted by atomic mass is 9.81. The first-order valence-corrected chi connectivity index (χ1v) is 10.2. The van der Waals surface area contributed by atoms with Crippen LogP contribution in [0.4, 0.5) is 4.79 Å². The topological polar surface area (TPSA) is 38.3 Å². The van der Waals surface area contributed by atoms with Crippen molar-refractivity contribution in [2.75, 3.05) is 6.54 Å². The number of carbonyl (C=O) groups excluding carboxylic acids is 1. The number of rotatable bonds is 8. The first kappa shape index (κ1) is 18.3. The molecule has 1 heterocycles. The largest absolute Gasteiger partial charge is 0.444 e. The standard InChI is InChI=1S/C22H33NO2/c1-17(15-18-7-3-2-4-8-18)11-12-19-9-5-6-10-20(19)13-14-21-16-23-22(24)25-21/h5-6,9-10,17-18,21H,2-4,7-8,11-16H2,1H3,(H,23,24). The number of nitrogens with one attached hydrogen (secondary N) is 1. The predicted molar refractivity (Wildman–Crippen MR) is 102 cm³/mol. The molecule has 138 valence electrons. The molecule has 0 spiro atoms. The molecule has 1 saturated carbocycles. The van der Waals surface area contributed by atoms with Crippen LogP contribution in [0.25, 0.3) is 0 Å². The number of carbonyl (C=O) groups is 1. The molecule has 2 unspecified atom stereocenters. The Balaban J connectivity index is 1.45. The van der Waals surface area contributed by atoms with Crippen molar-refractivity contribution in [1.29, 1.82) is 0 Å². The van der Waals surface area contributed by atoms with E-state index in [1.54, 1.807) is 0 Å². The molecule has 2 fully saturated rings. The van der Waals surface area contributed by atoms with Crippen LogP contribution in [0.3, 0.4) is 0 Å². The Bertz CT molecular complexity index is 551. The van der Waals surface area contributed by atoms with Crippen LogP contribution in [0.15, 0.2) is 24.3 Å². The van der Waals surface area contributed by atoms with Crippen LogP contribution in [0, 0.1) is 11.8 Å². The lowest BCUT2D eigenvalue weighted by Gasteiger charge is -2.24.